The van der Waals surface area contributed by atoms with E-state index in [1.54, 1.807) is 0 Å². The average Bonchev–Trinajstić information content (AvgIpc) is 2.41. The minimum absolute atomic E-state index is 0.152. The van der Waals surface area contributed by atoms with Crippen LogP contribution in [0.5, 0.6) is 0 Å². The summed E-state index contributed by atoms with van der Waals surface area (Å²) in [5.41, 5.74) is 9.54. The fraction of sp³-hybridized carbons (Fsp3) is 0.250. The maximum atomic E-state index is 5.94. The van der Waals surface area contributed by atoms with Crippen LogP contribution in [0.2, 0.25) is 5.02 Å². The number of benzene rings is 2. The Morgan fingerprint density at radius 2 is 1.84 bits per heavy atom. The topological polar surface area (TPSA) is 29.3 Å². The van der Waals surface area contributed by atoms with E-state index in [0.717, 1.165) is 5.02 Å². The monoisotopic (exact) mass is 274 g/mol. The Morgan fingerprint density at radius 3 is 2.42 bits per heavy atom. The van der Waals surface area contributed by atoms with E-state index in [0.29, 0.717) is 6.54 Å². The van der Waals surface area contributed by atoms with Crippen molar-refractivity contribution in [2.24, 2.45) is 5.73 Å². The van der Waals surface area contributed by atoms with Crippen molar-refractivity contribution in [1.29, 1.82) is 0 Å². The molecule has 2 nitrogen and oxygen atoms in total. The molecule has 0 saturated heterocycles. The van der Waals surface area contributed by atoms with Gasteiger partial charge in [-0.1, -0.05) is 35.9 Å². The molecule has 0 fully saturated rings. The first kappa shape index (κ1) is 13.9. The molecule has 0 aliphatic carbocycles. The number of likely N-dealkylation sites (N-methyl/N-ethyl adjacent to an activating group) is 1. The molecule has 0 aromatic heterocycles. The second kappa shape index (κ2) is 6.09. The maximum Gasteiger partial charge on any atom is 0.0661 e. The van der Waals surface area contributed by atoms with Crippen LogP contribution in [0.4, 0.5) is 5.69 Å². The molecular formula is C16H19ClN2. The molecule has 3 heteroatoms. The molecule has 0 bridgehead atoms. The van der Waals surface area contributed by atoms with Crippen molar-refractivity contribution in [2.75, 3.05) is 18.5 Å². The zero-order chi connectivity index (χ0) is 13.8. The summed E-state index contributed by atoms with van der Waals surface area (Å²) in [5.74, 6) is 0. The second-order valence-corrected chi connectivity index (χ2v) is 5.19. The minimum Gasteiger partial charge on any atom is -0.366 e. The number of hydrogen-bond acceptors (Lipinski definition) is 2. The second-order valence-electron chi connectivity index (χ2n) is 4.75. The lowest BCUT2D eigenvalue weighted by molar-refractivity contribution is 0.680. The number of aryl methyl sites for hydroxylation is 1. The molecule has 100 valence electrons. The highest BCUT2D eigenvalue weighted by Gasteiger charge is 2.15. The van der Waals surface area contributed by atoms with Crippen LogP contribution in [0.25, 0.3) is 0 Å². The quantitative estimate of drug-likeness (QED) is 0.919. The molecule has 0 aliphatic heterocycles. The molecule has 1 unspecified atom stereocenters. The first-order chi connectivity index (χ1) is 9.11. The fourth-order valence-electron chi connectivity index (χ4n) is 2.23. The Kier molecular flexibility index (Phi) is 4.46. The van der Waals surface area contributed by atoms with Crippen molar-refractivity contribution in [3.8, 4) is 0 Å². The summed E-state index contributed by atoms with van der Waals surface area (Å²) in [6.45, 7) is 2.66. The maximum absolute atomic E-state index is 5.94. The zero-order valence-electron chi connectivity index (χ0n) is 11.3. The standard InChI is InChI=1S/C16H19ClN2/c1-12-4-3-5-15(10-12)19(2)16(11-18)13-6-8-14(17)9-7-13/h3-10,16H,11,18H2,1-2H3. The van der Waals surface area contributed by atoms with Crippen LogP contribution in [0, 0.1) is 6.92 Å². The summed E-state index contributed by atoms with van der Waals surface area (Å²) < 4.78 is 0. The molecule has 2 N–H and O–H groups in total. The molecule has 1 atom stereocenters. The van der Waals surface area contributed by atoms with Crippen molar-refractivity contribution in [1.82, 2.24) is 0 Å². The van der Waals surface area contributed by atoms with Crippen LogP contribution in [-0.4, -0.2) is 13.6 Å². The predicted molar refractivity (Wildman–Crippen MR) is 82.8 cm³/mol. The molecule has 2 aromatic rings. The van der Waals surface area contributed by atoms with Crippen molar-refractivity contribution in [3.05, 3.63) is 64.7 Å². The van der Waals surface area contributed by atoms with E-state index in [-0.39, 0.29) is 6.04 Å². The van der Waals surface area contributed by atoms with Crippen LogP contribution < -0.4 is 10.6 Å². The van der Waals surface area contributed by atoms with Gasteiger partial charge in [0.05, 0.1) is 6.04 Å². The van der Waals surface area contributed by atoms with E-state index in [9.17, 15) is 0 Å². The molecule has 2 rings (SSSR count). The lowest BCUT2D eigenvalue weighted by Gasteiger charge is -2.29. The van der Waals surface area contributed by atoms with Crippen LogP contribution in [0.1, 0.15) is 17.2 Å². The third-order valence-corrected chi connectivity index (χ3v) is 3.61. The first-order valence-electron chi connectivity index (χ1n) is 6.37. The van der Waals surface area contributed by atoms with Crippen LogP contribution in [-0.2, 0) is 0 Å². The van der Waals surface area contributed by atoms with E-state index in [1.807, 2.05) is 24.3 Å². The first-order valence-corrected chi connectivity index (χ1v) is 6.74. The average molecular weight is 275 g/mol. The molecule has 0 saturated carbocycles. The molecule has 0 radical (unpaired) electrons. The Labute approximate surface area is 119 Å². The predicted octanol–water partition coefficient (Wildman–Crippen LogP) is 3.78. The molecule has 0 amide bonds. The molecular weight excluding hydrogens is 256 g/mol. The van der Waals surface area contributed by atoms with Gasteiger partial charge in [0.15, 0.2) is 0 Å². The van der Waals surface area contributed by atoms with E-state index >= 15 is 0 Å². The molecule has 2 aromatic carbocycles. The van der Waals surface area contributed by atoms with Gasteiger partial charge in [0.2, 0.25) is 0 Å². The highest BCUT2D eigenvalue weighted by Crippen LogP contribution is 2.26. The highest BCUT2D eigenvalue weighted by atomic mass is 35.5. The van der Waals surface area contributed by atoms with Crippen LogP contribution in [0.3, 0.4) is 0 Å². The van der Waals surface area contributed by atoms with Gasteiger partial charge >= 0.3 is 0 Å². The third-order valence-electron chi connectivity index (χ3n) is 3.35. The molecule has 0 heterocycles. The van der Waals surface area contributed by atoms with Gasteiger partial charge in [0.25, 0.3) is 0 Å². The summed E-state index contributed by atoms with van der Waals surface area (Å²) in [7, 11) is 2.07. The smallest absolute Gasteiger partial charge is 0.0661 e. The minimum atomic E-state index is 0.152. The Morgan fingerprint density at radius 1 is 1.16 bits per heavy atom. The lowest BCUT2D eigenvalue weighted by Crippen LogP contribution is -2.30. The van der Waals surface area contributed by atoms with Crippen LogP contribution >= 0.6 is 11.6 Å². The number of anilines is 1. The van der Waals surface area contributed by atoms with Gasteiger partial charge in [-0.15, -0.1) is 0 Å². The SMILES string of the molecule is Cc1cccc(N(C)C(CN)c2ccc(Cl)cc2)c1. The van der Waals surface area contributed by atoms with Crippen molar-refractivity contribution in [2.45, 2.75) is 13.0 Å². The van der Waals surface area contributed by atoms with Gasteiger partial charge in [-0.25, -0.2) is 0 Å². The van der Waals surface area contributed by atoms with Gasteiger partial charge in [0.1, 0.15) is 0 Å². The highest BCUT2D eigenvalue weighted by molar-refractivity contribution is 6.30. The summed E-state index contributed by atoms with van der Waals surface area (Å²) in [5, 5.41) is 0.748. The van der Waals surface area contributed by atoms with Crippen LogP contribution in [0.15, 0.2) is 48.5 Å². The molecule has 0 spiro atoms. The molecule has 0 aliphatic rings. The summed E-state index contributed by atoms with van der Waals surface area (Å²) in [4.78, 5) is 2.20. The zero-order valence-corrected chi connectivity index (χ0v) is 12.1. The summed E-state index contributed by atoms with van der Waals surface area (Å²) >= 11 is 5.93. The Balaban J connectivity index is 2.28. The summed E-state index contributed by atoms with van der Waals surface area (Å²) in [6, 6.07) is 16.5. The van der Waals surface area contributed by atoms with E-state index in [4.69, 9.17) is 17.3 Å². The number of halogens is 1. The Hall–Kier alpha value is -1.51. The van der Waals surface area contributed by atoms with Gasteiger partial charge in [-0.05, 0) is 42.3 Å². The summed E-state index contributed by atoms with van der Waals surface area (Å²) in [6.07, 6.45) is 0. The lowest BCUT2D eigenvalue weighted by atomic mass is 10.0. The number of hydrogen-bond donors (Lipinski definition) is 1. The van der Waals surface area contributed by atoms with E-state index in [1.165, 1.54) is 16.8 Å². The normalized spacial score (nSPS) is 12.2. The largest absolute Gasteiger partial charge is 0.366 e. The van der Waals surface area contributed by atoms with Crippen molar-refractivity contribution < 1.29 is 0 Å². The number of rotatable bonds is 4. The van der Waals surface area contributed by atoms with Crippen molar-refractivity contribution in [3.63, 3.8) is 0 Å². The van der Waals surface area contributed by atoms with E-state index < -0.39 is 0 Å². The fourth-order valence-corrected chi connectivity index (χ4v) is 2.36. The number of nitrogens with zero attached hydrogens (tertiary/aromatic N) is 1. The van der Waals surface area contributed by atoms with E-state index in [2.05, 4.69) is 43.1 Å². The van der Waals surface area contributed by atoms with Gasteiger partial charge in [-0.3, -0.25) is 0 Å². The van der Waals surface area contributed by atoms with Gasteiger partial charge in [0, 0.05) is 24.3 Å². The molecule has 19 heavy (non-hydrogen) atoms. The Bertz CT molecular complexity index is 537. The van der Waals surface area contributed by atoms with Gasteiger partial charge in [-0.2, -0.15) is 0 Å². The van der Waals surface area contributed by atoms with Crippen molar-refractivity contribution >= 4 is 17.3 Å². The number of nitrogens with two attached hydrogens (primary N) is 1. The third kappa shape index (κ3) is 3.28. The van der Waals surface area contributed by atoms with Gasteiger partial charge < -0.3 is 10.6 Å².